The van der Waals surface area contributed by atoms with Crippen LogP contribution >= 0.6 is 0 Å². The predicted molar refractivity (Wildman–Crippen MR) is 128 cm³/mol. The van der Waals surface area contributed by atoms with Crippen LogP contribution in [0.3, 0.4) is 0 Å². The highest BCUT2D eigenvalue weighted by atomic mass is 16.5. The molecule has 0 aliphatic carbocycles. The van der Waals surface area contributed by atoms with Crippen LogP contribution in [0, 0.1) is 12.8 Å². The first-order valence-electron chi connectivity index (χ1n) is 10.8. The lowest BCUT2D eigenvalue weighted by atomic mass is 9.97. The quantitative estimate of drug-likeness (QED) is 0.471. The number of nitrogens with zero attached hydrogens (tertiary/aromatic N) is 3. The highest BCUT2D eigenvalue weighted by Crippen LogP contribution is 2.31. The minimum Gasteiger partial charge on any atom is -0.465 e. The summed E-state index contributed by atoms with van der Waals surface area (Å²) in [5.74, 6) is -0.359. The summed E-state index contributed by atoms with van der Waals surface area (Å²) in [6.45, 7) is 3.39. The molecule has 1 saturated heterocycles. The Morgan fingerprint density at radius 1 is 1.00 bits per heavy atom. The number of para-hydroxylation sites is 1. The maximum Gasteiger partial charge on any atom is 0.337 e. The zero-order valence-corrected chi connectivity index (χ0v) is 18.5. The van der Waals surface area contributed by atoms with Crippen molar-refractivity contribution in [3.05, 3.63) is 84.2 Å². The van der Waals surface area contributed by atoms with Gasteiger partial charge in [0.1, 0.15) is 6.33 Å². The predicted octanol–water partition coefficient (Wildman–Crippen LogP) is 4.20. The van der Waals surface area contributed by atoms with Crippen molar-refractivity contribution in [2.45, 2.75) is 6.92 Å². The van der Waals surface area contributed by atoms with E-state index in [1.54, 1.807) is 18.5 Å². The average Bonchev–Trinajstić information content (AvgIpc) is 3.23. The largest absolute Gasteiger partial charge is 0.465 e. The van der Waals surface area contributed by atoms with E-state index in [0.29, 0.717) is 18.7 Å². The molecule has 166 valence electrons. The number of fused-ring (bicyclic) bond motifs is 1. The van der Waals surface area contributed by atoms with E-state index in [-0.39, 0.29) is 17.8 Å². The number of benzene rings is 3. The van der Waals surface area contributed by atoms with Crippen LogP contribution in [0.5, 0.6) is 0 Å². The number of carbonyl (C=O) groups is 2. The zero-order valence-electron chi connectivity index (χ0n) is 18.5. The monoisotopic (exact) mass is 440 g/mol. The Hall–Kier alpha value is -4.13. The number of anilines is 2. The normalized spacial score (nSPS) is 13.6. The van der Waals surface area contributed by atoms with Gasteiger partial charge in [-0.15, -0.1) is 0 Å². The van der Waals surface area contributed by atoms with Gasteiger partial charge >= 0.3 is 5.97 Å². The van der Waals surface area contributed by atoms with Gasteiger partial charge in [0.05, 0.1) is 29.6 Å². The van der Waals surface area contributed by atoms with Crippen molar-refractivity contribution in [2.24, 2.45) is 5.92 Å². The number of esters is 1. The summed E-state index contributed by atoms with van der Waals surface area (Å²) in [6, 6.07) is 21.0. The van der Waals surface area contributed by atoms with E-state index < -0.39 is 0 Å². The molecule has 33 heavy (non-hydrogen) atoms. The summed E-state index contributed by atoms with van der Waals surface area (Å²) in [4.78, 5) is 31.1. The van der Waals surface area contributed by atoms with Crippen LogP contribution in [-0.4, -0.2) is 41.6 Å². The number of aryl methyl sites for hydroxylation is 1. The first-order valence-corrected chi connectivity index (χ1v) is 10.8. The Labute approximate surface area is 191 Å². The molecule has 0 atom stereocenters. The van der Waals surface area contributed by atoms with Crippen molar-refractivity contribution < 1.29 is 14.3 Å². The molecule has 1 amide bonds. The lowest BCUT2D eigenvalue weighted by Gasteiger charge is -2.40. The third kappa shape index (κ3) is 3.93. The van der Waals surface area contributed by atoms with Gasteiger partial charge in [-0.25, -0.2) is 9.78 Å². The molecule has 0 radical (unpaired) electrons. The number of carbonyl (C=O) groups excluding carboxylic acids is 2. The molecule has 0 saturated carbocycles. The number of ether oxygens (including phenoxy) is 1. The fraction of sp³-hybridized carbons (Fsp3) is 0.192. The molecular weight excluding hydrogens is 416 g/mol. The Morgan fingerprint density at radius 3 is 2.42 bits per heavy atom. The topological polar surface area (TPSA) is 76.5 Å². The second kappa shape index (κ2) is 8.43. The molecule has 1 fully saturated rings. The molecule has 0 unspecified atom stereocenters. The van der Waals surface area contributed by atoms with Gasteiger partial charge in [0.25, 0.3) is 0 Å². The first-order chi connectivity index (χ1) is 16.0. The second-order valence-electron chi connectivity index (χ2n) is 8.24. The smallest absolute Gasteiger partial charge is 0.337 e. The van der Waals surface area contributed by atoms with Crippen molar-refractivity contribution in [1.29, 1.82) is 0 Å². The highest BCUT2D eigenvalue weighted by Gasteiger charge is 2.33. The van der Waals surface area contributed by atoms with Crippen LogP contribution in [0.2, 0.25) is 0 Å². The highest BCUT2D eigenvalue weighted by molar-refractivity contribution is 5.95. The van der Waals surface area contributed by atoms with Gasteiger partial charge in [-0.1, -0.05) is 18.2 Å². The Morgan fingerprint density at radius 2 is 1.73 bits per heavy atom. The van der Waals surface area contributed by atoms with E-state index in [0.717, 1.165) is 33.7 Å². The van der Waals surface area contributed by atoms with Crippen LogP contribution < -0.4 is 10.2 Å². The maximum absolute atomic E-state index is 12.6. The number of amides is 1. The molecule has 5 rings (SSSR count). The van der Waals surface area contributed by atoms with Crippen molar-refractivity contribution in [1.82, 2.24) is 9.55 Å². The Balaban J connectivity index is 1.35. The summed E-state index contributed by atoms with van der Waals surface area (Å²) < 4.78 is 6.79. The lowest BCUT2D eigenvalue weighted by molar-refractivity contribution is -0.120. The van der Waals surface area contributed by atoms with Crippen molar-refractivity contribution in [2.75, 3.05) is 30.4 Å². The standard InChI is InChI=1S/C26H24N4O3/c1-17-12-22(29-14-19(15-29)25(31)28-20-6-4-3-5-7-20)13-23-24(17)27-16-30(23)21-10-8-18(9-11-21)26(32)33-2/h3-13,16,19H,14-15H2,1-2H3,(H,28,31). The SMILES string of the molecule is COC(=O)c1ccc(-n2cnc3c(C)cc(N4CC(C(=O)Nc5ccccc5)C4)cc32)cc1. The van der Waals surface area contributed by atoms with E-state index in [2.05, 4.69) is 27.3 Å². The van der Waals surface area contributed by atoms with Gasteiger partial charge in [0.2, 0.25) is 5.91 Å². The molecule has 7 nitrogen and oxygen atoms in total. The Bertz CT molecular complexity index is 1320. The number of aromatic nitrogens is 2. The van der Waals surface area contributed by atoms with Gasteiger partial charge < -0.3 is 15.0 Å². The fourth-order valence-electron chi connectivity index (χ4n) is 4.16. The summed E-state index contributed by atoms with van der Waals surface area (Å²) >= 11 is 0. The lowest BCUT2D eigenvalue weighted by Crippen LogP contribution is -2.52. The van der Waals surface area contributed by atoms with Gasteiger partial charge in [0.15, 0.2) is 0 Å². The summed E-state index contributed by atoms with van der Waals surface area (Å²) in [6.07, 6.45) is 1.79. The van der Waals surface area contributed by atoms with E-state index in [1.165, 1.54) is 7.11 Å². The molecule has 0 bridgehead atoms. The first kappa shape index (κ1) is 20.8. The molecule has 1 aliphatic heterocycles. The number of hydrogen-bond acceptors (Lipinski definition) is 5. The van der Waals surface area contributed by atoms with Crippen LogP contribution in [-0.2, 0) is 9.53 Å². The zero-order chi connectivity index (χ0) is 22.9. The molecule has 1 aromatic heterocycles. The van der Waals surface area contributed by atoms with Crippen molar-refractivity contribution in [3.63, 3.8) is 0 Å². The van der Waals surface area contributed by atoms with Gasteiger partial charge in [-0.2, -0.15) is 0 Å². The van der Waals surface area contributed by atoms with Gasteiger partial charge in [-0.3, -0.25) is 9.36 Å². The van der Waals surface area contributed by atoms with Crippen LogP contribution in [0.1, 0.15) is 15.9 Å². The molecule has 1 aliphatic rings. The van der Waals surface area contributed by atoms with Crippen LogP contribution in [0.25, 0.3) is 16.7 Å². The number of imidazole rings is 1. The third-order valence-electron chi connectivity index (χ3n) is 6.05. The maximum atomic E-state index is 12.6. The van der Waals surface area contributed by atoms with E-state index in [1.807, 2.05) is 54.0 Å². The number of methoxy groups -OCH3 is 1. The number of nitrogens with one attached hydrogen (secondary N) is 1. The number of rotatable bonds is 5. The summed E-state index contributed by atoms with van der Waals surface area (Å²) in [7, 11) is 1.37. The Kier molecular flexibility index (Phi) is 5.30. The van der Waals surface area contributed by atoms with Crippen LogP contribution in [0.15, 0.2) is 73.1 Å². The van der Waals surface area contributed by atoms with Crippen molar-refractivity contribution in [3.8, 4) is 5.69 Å². The van der Waals surface area contributed by atoms with E-state index in [9.17, 15) is 9.59 Å². The van der Waals surface area contributed by atoms with Crippen molar-refractivity contribution >= 4 is 34.3 Å². The minimum atomic E-state index is -0.362. The summed E-state index contributed by atoms with van der Waals surface area (Å²) in [5.41, 5.74) is 6.28. The van der Waals surface area contributed by atoms with E-state index >= 15 is 0 Å². The fourth-order valence-corrected chi connectivity index (χ4v) is 4.16. The van der Waals surface area contributed by atoms with E-state index in [4.69, 9.17) is 4.74 Å². The molecule has 1 N–H and O–H groups in total. The number of hydrogen-bond donors (Lipinski definition) is 1. The molecule has 4 aromatic rings. The third-order valence-corrected chi connectivity index (χ3v) is 6.05. The van der Waals surface area contributed by atoms with Gasteiger partial charge in [-0.05, 0) is 61.0 Å². The second-order valence-corrected chi connectivity index (χ2v) is 8.24. The molecular formula is C26H24N4O3. The molecule has 0 spiro atoms. The molecule has 2 heterocycles. The molecule has 3 aromatic carbocycles. The van der Waals surface area contributed by atoms with Crippen LogP contribution in [0.4, 0.5) is 11.4 Å². The average molecular weight is 441 g/mol. The van der Waals surface area contributed by atoms with Gasteiger partial charge in [0, 0.05) is 30.2 Å². The summed E-state index contributed by atoms with van der Waals surface area (Å²) in [5, 5.41) is 2.99. The molecule has 7 heteroatoms. The minimum absolute atomic E-state index is 0.0445.